The molecule has 0 radical (unpaired) electrons. The Morgan fingerprint density at radius 2 is 2.20 bits per heavy atom. The summed E-state index contributed by atoms with van der Waals surface area (Å²) in [6, 6.07) is 0. The average Bonchev–Trinajstić information content (AvgIpc) is 2.48. The molecular weight excluding hydrogens is 234 g/mol. The minimum atomic E-state index is -0.508. The molecule has 7 heteroatoms. The Kier molecular flexibility index (Phi) is 3.92. The minimum absolute atomic E-state index is 0.452. The van der Waals surface area contributed by atoms with E-state index in [0.29, 0.717) is 10.3 Å². The highest BCUT2D eigenvalue weighted by Crippen LogP contribution is 2.18. The summed E-state index contributed by atoms with van der Waals surface area (Å²) >= 11 is 2.56. The van der Waals surface area contributed by atoms with Gasteiger partial charge >= 0.3 is 6.09 Å². The molecule has 1 heterocycles. The molecule has 0 saturated heterocycles. The van der Waals surface area contributed by atoms with Crippen LogP contribution in [0.3, 0.4) is 0 Å². The SMILES string of the molecule is CSc1nsc(NC(=O)OC(C)(C)C)n1. The predicted octanol–water partition coefficient (Wildman–Crippen LogP) is 2.61. The molecule has 0 aliphatic rings. The molecule has 5 nitrogen and oxygen atoms in total. The number of carbonyl (C=O) groups excluding carboxylic acids is 1. The van der Waals surface area contributed by atoms with Crippen LogP contribution in [0.4, 0.5) is 9.93 Å². The zero-order valence-corrected chi connectivity index (χ0v) is 10.7. The molecule has 0 bridgehead atoms. The molecule has 84 valence electrons. The Bertz CT molecular complexity index is 346. The molecule has 0 saturated carbocycles. The summed E-state index contributed by atoms with van der Waals surface area (Å²) in [5, 5.41) is 3.62. The Hall–Kier alpha value is -0.820. The Balaban J connectivity index is 2.51. The van der Waals surface area contributed by atoms with Crippen LogP contribution in [-0.4, -0.2) is 27.3 Å². The van der Waals surface area contributed by atoms with Gasteiger partial charge in [0.15, 0.2) is 0 Å². The monoisotopic (exact) mass is 247 g/mol. The van der Waals surface area contributed by atoms with Gasteiger partial charge in [0, 0.05) is 11.5 Å². The fraction of sp³-hybridized carbons (Fsp3) is 0.625. The second-order valence-corrected chi connectivity index (χ2v) is 5.24. The standard InChI is InChI=1S/C8H13N3O2S2/c1-8(2,3)13-7(12)10-5-9-6(14-4)11-15-5/h1-4H3,(H,9,10,11,12). The average molecular weight is 247 g/mol. The minimum Gasteiger partial charge on any atom is -0.444 e. The maximum atomic E-state index is 11.3. The third-order valence-electron chi connectivity index (χ3n) is 1.20. The largest absolute Gasteiger partial charge is 0.444 e. The summed E-state index contributed by atoms with van der Waals surface area (Å²) in [5.74, 6) is 0. The second-order valence-electron chi connectivity index (χ2n) is 3.71. The number of hydrogen-bond acceptors (Lipinski definition) is 6. The van der Waals surface area contributed by atoms with Crippen molar-refractivity contribution in [3.05, 3.63) is 0 Å². The van der Waals surface area contributed by atoms with Gasteiger partial charge < -0.3 is 4.74 Å². The van der Waals surface area contributed by atoms with E-state index < -0.39 is 11.7 Å². The number of rotatable bonds is 2. The van der Waals surface area contributed by atoms with Crippen LogP contribution in [0, 0.1) is 0 Å². The van der Waals surface area contributed by atoms with Crippen molar-refractivity contribution in [1.82, 2.24) is 9.36 Å². The zero-order chi connectivity index (χ0) is 11.5. The second kappa shape index (κ2) is 4.80. The Labute approximate surface area is 96.8 Å². The van der Waals surface area contributed by atoms with E-state index in [4.69, 9.17) is 4.74 Å². The van der Waals surface area contributed by atoms with E-state index in [1.807, 2.05) is 6.26 Å². The summed E-state index contributed by atoms with van der Waals surface area (Å²) in [4.78, 5) is 15.4. The summed E-state index contributed by atoms with van der Waals surface area (Å²) < 4.78 is 9.07. The molecule has 0 fully saturated rings. The van der Waals surface area contributed by atoms with Gasteiger partial charge in [0.05, 0.1) is 0 Å². The van der Waals surface area contributed by atoms with E-state index >= 15 is 0 Å². The molecular formula is C8H13N3O2S2. The molecule has 0 spiro atoms. The van der Waals surface area contributed by atoms with Gasteiger partial charge in [-0.2, -0.15) is 9.36 Å². The molecule has 1 N–H and O–H groups in total. The molecule has 1 amide bonds. The van der Waals surface area contributed by atoms with Crippen molar-refractivity contribution in [2.24, 2.45) is 0 Å². The van der Waals surface area contributed by atoms with E-state index in [2.05, 4.69) is 14.7 Å². The Morgan fingerprint density at radius 3 is 2.67 bits per heavy atom. The molecule has 1 aromatic heterocycles. The first kappa shape index (κ1) is 12.3. The molecule has 1 rings (SSSR count). The van der Waals surface area contributed by atoms with Crippen LogP contribution in [0.25, 0.3) is 0 Å². The normalized spacial score (nSPS) is 11.2. The fourth-order valence-electron chi connectivity index (χ4n) is 0.735. The maximum absolute atomic E-state index is 11.3. The van der Waals surface area contributed by atoms with Crippen molar-refractivity contribution in [3.8, 4) is 0 Å². The third kappa shape index (κ3) is 4.48. The number of thioether (sulfide) groups is 1. The first-order valence-corrected chi connectivity index (χ1v) is 6.28. The van der Waals surface area contributed by atoms with E-state index in [0.717, 1.165) is 11.5 Å². The van der Waals surface area contributed by atoms with Crippen LogP contribution in [0.15, 0.2) is 5.16 Å². The van der Waals surface area contributed by atoms with Crippen LogP contribution < -0.4 is 5.32 Å². The van der Waals surface area contributed by atoms with Crippen molar-refractivity contribution >= 4 is 34.5 Å². The van der Waals surface area contributed by atoms with Gasteiger partial charge in [-0.15, -0.1) is 0 Å². The van der Waals surface area contributed by atoms with Crippen molar-refractivity contribution in [2.45, 2.75) is 31.5 Å². The predicted molar refractivity (Wildman–Crippen MR) is 61.5 cm³/mol. The lowest BCUT2D eigenvalue weighted by atomic mass is 10.2. The topological polar surface area (TPSA) is 64.1 Å². The Morgan fingerprint density at radius 1 is 1.53 bits per heavy atom. The smallest absolute Gasteiger partial charge is 0.414 e. The highest BCUT2D eigenvalue weighted by atomic mass is 32.2. The van der Waals surface area contributed by atoms with Gasteiger partial charge in [-0.25, -0.2) is 4.79 Å². The quantitative estimate of drug-likeness (QED) is 0.814. The lowest BCUT2D eigenvalue weighted by Gasteiger charge is -2.18. The van der Waals surface area contributed by atoms with Crippen molar-refractivity contribution < 1.29 is 9.53 Å². The first-order valence-electron chi connectivity index (χ1n) is 4.28. The summed E-state index contributed by atoms with van der Waals surface area (Å²) in [6.07, 6.45) is 1.37. The zero-order valence-electron chi connectivity index (χ0n) is 9.03. The van der Waals surface area contributed by atoms with Crippen LogP contribution in [0.5, 0.6) is 0 Å². The third-order valence-corrected chi connectivity index (χ3v) is 2.49. The number of amides is 1. The van der Waals surface area contributed by atoms with E-state index in [9.17, 15) is 4.79 Å². The lowest BCUT2D eigenvalue weighted by molar-refractivity contribution is 0.0636. The van der Waals surface area contributed by atoms with Crippen LogP contribution in [0.1, 0.15) is 20.8 Å². The maximum Gasteiger partial charge on any atom is 0.414 e. The molecule has 0 atom stereocenters. The number of carbonyl (C=O) groups is 1. The van der Waals surface area contributed by atoms with Crippen LogP contribution in [-0.2, 0) is 4.74 Å². The number of nitrogens with zero attached hydrogens (tertiary/aromatic N) is 2. The number of aromatic nitrogens is 2. The summed E-state index contributed by atoms with van der Waals surface area (Å²) in [6.45, 7) is 5.42. The molecule has 15 heavy (non-hydrogen) atoms. The van der Waals surface area contributed by atoms with Crippen molar-refractivity contribution in [3.63, 3.8) is 0 Å². The molecule has 1 aromatic rings. The number of nitrogens with one attached hydrogen (secondary N) is 1. The molecule has 0 unspecified atom stereocenters. The van der Waals surface area contributed by atoms with E-state index in [1.165, 1.54) is 11.8 Å². The highest BCUT2D eigenvalue weighted by molar-refractivity contribution is 7.98. The van der Waals surface area contributed by atoms with Crippen molar-refractivity contribution in [2.75, 3.05) is 11.6 Å². The van der Waals surface area contributed by atoms with Crippen LogP contribution in [0.2, 0.25) is 0 Å². The molecule has 0 aromatic carbocycles. The van der Waals surface area contributed by atoms with Gasteiger partial charge in [-0.3, -0.25) is 5.32 Å². The van der Waals surface area contributed by atoms with Gasteiger partial charge in [0.25, 0.3) is 0 Å². The number of hydrogen-bond donors (Lipinski definition) is 1. The molecule has 0 aliphatic heterocycles. The summed E-state index contributed by atoms with van der Waals surface area (Å²) in [5.41, 5.74) is -0.503. The van der Waals surface area contributed by atoms with E-state index in [1.54, 1.807) is 20.8 Å². The number of ether oxygens (including phenoxy) is 1. The first-order chi connectivity index (χ1) is 6.90. The van der Waals surface area contributed by atoms with Crippen molar-refractivity contribution in [1.29, 1.82) is 0 Å². The van der Waals surface area contributed by atoms with Gasteiger partial charge in [0.1, 0.15) is 5.60 Å². The van der Waals surface area contributed by atoms with Gasteiger partial charge in [0.2, 0.25) is 10.3 Å². The highest BCUT2D eigenvalue weighted by Gasteiger charge is 2.17. The molecule has 0 aliphatic carbocycles. The lowest BCUT2D eigenvalue weighted by Crippen LogP contribution is -2.27. The van der Waals surface area contributed by atoms with Gasteiger partial charge in [-0.05, 0) is 27.0 Å². The van der Waals surface area contributed by atoms with E-state index in [-0.39, 0.29) is 0 Å². The van der Waals surface area contributed by atoms with Gasteiger partial charge in [-0.1, -0.05) is 11.8 Å². The fourth-order valence-corrected chi connectivity index (χ4v) is 1.85. The van der Waals surface area contributed by atoms with Crippen LogP contribution >= 0.6 is 23.3 Å². The summed E-state index contributed by atoms with van der Waals surface area (Å²) in [7, 11) is 0. The number of anilines is 1.